The van der Waals surface area contributed by atoms with E-state index in [9.17, 15) is 9.59 Å². The van der Waals surface area contributed by atoms with Gasteiger partial charge in [-0.25, -0.2) is 10.9 Å². The maximum absolute atomic E-state index is 11.8. The molecule has 21 heavy (non-hydrogen) atoms. The van der Waals surface area contributed by atoms with Crippen molar-refractivity contribution >= 4 is 35.2 Å². The third-order valence-corrected chi connectivity index (χ3v) is 4.40. The summed E-state index contributed by atoms with van der Waals surface area (Å²) in [5.74, 6) is -0.467. The van der Waals surface area contributed by atoms with Crippen LogP contribution in [0.2, 0.25) is 5.02 Å². The first-order chi connectivity index (χ1) is 10.1. The molecule has 1 amide bonds. The summed E-state index contributed by atoms with van der Waals surface area (Å²) in [6.45, 7) is 0. The number of carboxylic acids is 1. The van der Waals surface area contributed by atoms with Gasteiger partial charge in [0.2, 0.25) is 5.91 Å². The Morgan fingerprint density at radius 3 is 2.76 bits per heavy atom. The molecule has 0 bridgehead atoms. The molecule has 0 radical (unpaired) electrons. The number of rotatable bonds is 6. The fraction of sp³-hybridized carbons (Fsp3) is 0.385. The number of thioether (sulfide) groups is 1. The summed E-state index contributed by atoms with van der Waals surface area (Å²) in [6.07, 6.45) is 0.195. The lowest BCUT2D eigenvalue weighted by Gasteiger charge is -2.30. The SMILES string of the molecule is O=C(O)CCC1NNC(SCc2ccccc2Cl)NC1=O. The molecule has 114 valence electrons. The minimum atomic E-state index is -0.917. The van der Waals surface area contributed by atoms with Crippen molar-refractivity contribution < 1.29 is 14.7 Å². The van der Waals surface area contributed by atoms with Crippen molar-refractivity contribution in [2.45, 2.75) is 30.1 Å². The van der Waals surface area contributed by atoms with Crippen LogP contribution < -0.4 is 16.2 Å². The molecule has 1 saturated heterocycles. The van der Waals surface area contributed by atoms with Gasteiger partial charge in [-0.15, -0.1) is 11.8 Å². The molecule has 0 saturated carbocycles. The highest BCUT2D eigenvalue weighted by Gasteiger charge is 2.27. The van der Waals surface area contributed by atoms with Gasteiger partial charge < -0.3 is 10.4 Å². The second kappa shape index (κ2) is 7.65. The number of hydrogen-bond acceptors (Lipinski definition) is 5. The van der Waals surface area contributed by atoms with E-state index < -0.39 is 12.0 Å². The molecular formula is C13H16ClN3O3S. The van der Waals surface area contributed by atoms with Crippen molar-refractivity contribution in [2.75, 3.05) is 0 Å². The van der Waals surface area contributed by atoms with E-state index in [2.05, 4.69) is 16.2 Å². The molecule has 1 aliphatic heterocycles. The highest BCUT2D eigenvalue weighted by atomic mass is 35.5. The molecule has 2 rings (SSSR count). The molecule has 8 heteroatoms. The van der Waals surface area contributed by atoms with Crippen LogP contribution in [0.4, 0.5) is 0 Å². The molecule has 0 aliphatic carbocycles. The van der Waals surface area contributed by atoms with Crippen molar-refractivity contribution in [3.8, 4) is 0 Å². The topological polar surface area (TPSA) is 90.5 Å². The first-order valence-electron chi connectivity index (χ1n) is 6.44. The smallest absolute Gasteiger partial charge is 0.303 e. The maximum atomic E-state index is 11.8. The number of halogens is 1. The molecule has 1 aromatic rings. The first kappa shape index (κ1) is 16.1. The number of amides is 1. The predicted molar refractivity (Wildman–Crippen MR) is 81.6 cm³/mol. The van der Waals surface area contributed by atoms with E-state index in [1.54, 1.807) is 0 Å². The Balaban J connectivity index is 1.79. The zero-order valence-corrected chi connectivity index (χ0v) is 12.7. The quantitative estimate of drug-likeness (QED) is 0.629. The molecule has 0 aromatic heterocycles. The Hall–Kier alpha value is -1.28. The summed E-state index contributed by atoms with van der Waals surface area (Å²) in [5, 5.41) is 12.1. The van der Waals surface area contributed by atoms with Crippen LogP contribution in [0.25, 0.3) is 0 Å². The molecule has 6 nitrogen and oxygen atoms in total. The Kier molecular flexibility index (Phi) is 5.86. The maximum Gasteiger partial charge on any atom is 0.303 e. The van der Waals surface area contributed by atoms with Gasteiger partial charge in [0, 0.05) is 17.2 Å². The normalized spacial score (nSPS) is 21.9. The van der Waals surface area contributed by atoms with E-state index in [-0.39, 0.29) is 24.2 Å². The van der Waals surface area contributed by atoms with Crippen molar-refractivity contribution in [2.24, 2.45) is 0 Å². The minimum Gasteiger partial charge on any atom is -0.481 e. The Morgan fingerprint density at radius 2 is 2.10 bits per heavy atom. The molecule has 1 heterocycles. The van der Waals surface area contributed by atoms with Gasteiger partial charge >= 0.3 is 5.97 Å². The molecule has 2 atom stereocenters. The van der Waals surface area contributed by atoms with E-state index >= 15 is 0 Å². The van der Waals surface area contributed by atoms with Crippen LogP contribution in [0.15, 0.2) is 24.3 Å². The predicted octanol–water partition coefficient (Wildman–Crippen LogP) is 1.31. The Morgan fingerprint density at radius 1 is 1.33 bits per heavy atom. The molecule has 1 fully saturated rings. The number of aliphatic carboxylic acids is 1. The number of carbonyl (C=O) groups is 2. The van der Waals surface area contributed by atoms with Gasteiger partial charge in [0.15, 0.2) is 0 Å². The third-order valence-electron chi connectivity index (χ3n) is 2.99. The summed E-state index contributed by atoms with van der Waals surface area (Å²) < 4.78 is 0. The number of carbonyl (C=O) groups excluding carboxylic acids is 1. The number of hydrogen-bond donors (Lipinski definition) is 4. The van der Waals surface area contributed by atoms with Crippen LogP contribution in [0, 0.1) is 0 Å². The minimum absolute atomic E-state index is 0.0514. The summed E-state index contributed by atoms with van der Waals surface area (Å²) in [6, 6.07) is 7.01. The van der Waals surface area contributed by atoms with E-state index in [0.717, 1.165) is 5.56 Å². The van der Waals surface area contributed by atoms with Crippen LogP contribution in [0.3, 0.4) is 0 Å². The van der Waals surface area contributed by atoms with Crippen molar-refractivity contribution in [1.29, 1.82) is 0 Å². The first-order valence-corrected chi connectivity index (χ1v) is 7.87. The lowest BCUT2D eigenvalue weighted by molar-refractivity contribution is -0.137. The van der Waals surface area contributed by atoms with Gasteiger partial charge in [-0.3, -0.25) is 9.59 Å². The standard InChI is InChI=1S/C13H16ClN3O3S/c14-9-4-2-1-3-8(9)7-21-13-15-12(20)10(16-17-13)5-6-11(18)19/h1-4,10,13,16-17H,5-7H2,(H,15,20)(H,18,19). The van der Waals surface area contributed by atoms with Crippen LogP contribution in [0.1, 0.15) is 18.4 Å². The number of hydrazine groups is 1. The lowest BCUT2D eigenvalue weighted by Crippen LogP contribution is -2.64. The van der Waals surface area contributed by atoms with Gasteiger partial charge in [0.25, 0.3) is 0 Å². The average molecular weight is 330 g/mol. The van der Waals surface area contributed by atoms with Gasteiger partial charge in [-0.2, -0.15) is 0 Å². The molecule has 0 spiro atoms. The number of benzene rings is 1. The second-order valence-corrected chi connectivity index (χ2v) is 6.07. The summed E-state index contributed by atoms with van der Waals surface area (Å²) >= 11 is 7.56. The molecular weight excluding hydrogens is 314 g/mol. The monoisotopic (exact) mass is 329 g/mol. The average Bonchev–Trinajstić information content (AvgIpc) is 2.45. The van der Waals surface area contributed by atoms with E-state index in [1.807, 2.05) is 24.3 Å². The molecule has 1 aromatic carbocycles. The van der Waals surface area contributed by atoms with Gasteiger partial charge in [0.05, 0.1) is 0 Å². The van der Waals surface area contributed by atoms with Crippen molar-refractivity contribution in [3.05, 3.63) is 34.9 Å². The van der Waals surface area contributed by atoms with Gasteiger partial charge in [-0.05, 0) is 18.1 Å². The number of nitrogens with one attached hydrogen (secondary N) is 3. The zero-order valence-electron chi connectivity index (χ0n) is 11.1. The number of carboxylic acid groups (broad SMARTS) is 1. The van der Waals surface area contributed by atoms with E-state index in [0.29, 0.717) is 10.8 Å². The zero-order chi connectivity index (χ0) is 15.2. The van der Waals surface area contributed by atoms with Crippen LogP contribution in [0.5, 0.6) is 0 Å². The summed E-state index contributed by atoms with van der Waals surface area (Å²) in [4.78, 5) is 22.4. The summed E-state index contributed by atoms with van der Waals surface area (Å²) in [7, 11) is 0. The highest BCUT2D eigenvalue weighted by Crippen LogP contribution is 2.22. The van der Waals surface area contributed by atoms with Crippen LogP contribution >= 0.6 is 23.4 Å². The Bertz CT molecular complexity index is 529. The Labute approximate surface area is 131 Å². The highest BCUT2D eigenvalue weighted by molar-refractivity contribution is 7.99. The third kappa shape index (κ3) is 4.89. The van der Waals surface area contributed by atoms with Crippen molar-refractivity contribution in [1.82, 2.24) is 16.2 Å². The summed E-state index contributed by atoms with van der Waals surface area (Å²) in [5.41, 5.74) is 6.52. The molecule has 1 aliphatic rings. The lowest BCUT2D eigenvalue weighted by atomic mass is 10.1. The van der Waals surface area contributed by atoms with E-state index in [4.69, 9.17) is 16.7 Å². The van der Waals surface area contributed by atoms with Crippen LogP contribution in [-0.4, -0.2) is 28.5 Å². The van der Waals surface area contributed by atoms with Crippen LogP contribution in [-0.2, 0) is 15.3 Å². The van der Waals surface area contributed by atoms with E-state index in [1.165, 1.54) is 11.8 Å². The fourth-order valence-corrected chi connectivity index (χ4v) is 3.08. The second-order valence-electron chi connectivity index (χ2n) is 4.56. The fourth-order valence-electron chi connectivity index (χ4n) is 1.85. The molecule has 2 unspecified atom stereocenters. The molecule has 4 N–H and O–H groups in total. The van der Waals surface area contributed by atoms with Crippen molar-refractivity contribution in [3.63, 3.8) is 0 Å². The largest absolute Gasteiger partial charge is 0.481 e. The van der Waals surface area contributed by atoms with Gasteiger partial charge in [-0.1, -0.05) is 29.8 Å². The van der Waals surface area contributed by atoms with Gasteiger partial charge in [0.1, 0.15) is 11.5 Å².